The molecular formula is C60H93O36+. The van der Waals surface area contributed by atoms with Gasteiger partial charge in [-0.15, -0.1) is 0 Å². The number of hydrogen-bond donors (Lipinski definition) is 20. The summed E-state index contributed by atoms with van der Waals surface area (Å²) in [5.41, 5.74) is 0. The predicted octanol–water partition coefficient (Wildman–Crippen LogP) is -9.78. The molecule has 0 spiro atoms. The average molecular weight is 1390 g/mol. The third kappa shape index (κ3) is 18.5. The van der Waals surface area contributed by atoms with Gasteiger partial charge < -0.3 is 159 Å². The Bertz CT molecular complexity index is 2570. The molecule has 0 aromatic heterocycles. The maximum Gasteiger partial charge on any atom is 0.330 e. The molecule has 96 heavy (non-hydrogen) atoms. The largest absolute Gasteiger partial charge is 0.481 e. The van der Waals surface area contributed by atoms with Crippen molar-refractivity contribution in [3.05, 3.63) is 24.3 Å². The average Bonchev–Trinajstić information content (AvgIpc) is 0.771. The van der Waals surface area contributed by atoms with Gasteiger partial charge >= 0.3 is 23.9 Å². The van der Waals surface area contributed by atoms with E-state index in [0.717, 1.165) is 12.2 Å². The quantitative estimate of drug-likeness (QED) is 0.0157. The van der Waals surface area contributed by atoms with Gasteiger partial charge in [-0.3, -0.25) is 9.59 Å². The second-order valence-corrected chi connectivity index (χ2v) is 26.5. The van der Waals surface area contributed by atoms with Crippen LogP contribution in [0, 0.1) is 23.7 Å². The minimum absolute atomic E-state index is 0.00357. The fourth-order valence-corrected chi connectivity index (χ4v) is 14.2. The molecule has 9 fully saturated rings. The van der Waals surface area contributed by atoms with E-state index in [2.05, 4.69) is 0 Å². The number of carbonyl (C=O) groups is 4. The van der Waals surface area contributed by atoms with Crippen molar-refractivity contribution in [2.75, 3.05) is 26.4 Å². The third-order valence-corrected chi connectivity index (χ3v) is 19.8. The number of esters is 3. The van der Waals surface area contributed by atoms with Crippen molar-refractivity contribution in [1.29, 1.82) is 0 Å². The standard InChI is InChI=1S/C60H92O36/c61-17-35-44(73)48(77)52(81)57(93-35)89-30-5-1-21(9-26(30)63)3-7-40(69)85-18-36-45(74)49(78)53(82)58(94-36)90-31-6-2-22(10-27(31)64)4-8-41(70)86-19-37-46(75)51(80)55(84)60(96-37)92-34-15-25-32(88-56(34)23-11-28(65)43(72)29(66)12-23)13-24(62)14-33(25)91-59-54(83)50(79)47(76)38(95-59)20-87-42(71)16-39(67)68/h3-4,7-8,21-38,43-66,72-84H,1-2,5-6,9-20H2,(H,67,68)/p+1. The van der Waals surface area contributed by atoms with Gasteiger partial charge in [0, 0.05) is 30.9 Å². The lowest BCUT2D eigenvalue weighted by Crippen LogP contribution is -2.64. The van der Waals surface area contributed by atoms with Crippen LogP contribution >= 0.6 is 0 Å². The number of carboxylic acids is 1. The lowest BCUT2D eigenvalue weighted by atomic mass is 9.72. The summed E-state index contributed by atoms with van der Waals surface area (Å²) in [6, 6.07) is 0. The fraction of sp³-hybridized carbons (Fsp3) is 0.867. The first kappa shape index (κ1) is 76.4. The number of aliphatic hydroxyl groups excluding tert-OH is 19. The Hall–Kier alpha value is -3.76. The van der Waals surface area contributed by atoms with E-state index in [-0.39, 0.29) is 70.1 Å². The summed E-state index contributed by atoms with van der Waals surface area (Å²) < 4.78 is 67.6. The topological polar surface area (TPSA) is 587 Å². The molecular weight excluding hydrogens is 1300 g/mol. The van der Waals surface area contributed by atoms with Crippen LogP contribution in [0.3, 0.4) is 0 Å². The summed E-state index contributed by atoms with van der Waals surface area (Å²) in [5.74, 6) is -6.83. The van der Waals surface area contributed by atoms with E-state index in [1.807, 2.05) is 0 Å². The molecule has 4 aliphatic carbocycles. The van der Waals surface area contributed by atoms with Crippen LogP contribution in [0.25, 0.3) is 0 Å². The molecule has 9 rings (SSSR count). The number of aliphatic carboxylic acids is 1. The lowest BCUT2D eigenvalue weighted by Gasteiger charge is -2.50. The zero-order valence-corrected chi connectivity index (χ0v) is 51.9. The molecule has 0 amide bonds. The first-order chi connectivity index (χ1) is 45.5. The van der Waals surface area contributed by atoms with Crippen LogP contribution in [0.1, 0.15) is 77.0 Å². The maximum atomic E-state index is 13.2. The highest BCUT2D eigenvalue weighted by molar-refractivity contribution is 5.90. The van der Waals surface area contributed by atoms with E-state index in [1.165, 1.54) is 12.2 Å². The van der Waals surface area contributed by atoms with Crippen LogP contribution in [-0.4, -0.2) is 353 Å². The van der Waals surface area contributed by atoms with Crippen LogP contribution in [0.5, 0.6) is 0 Å². The molecule has 36 nitrogen and oxygen atoms in total. The van der Waals surface area contributed by atoms with Crippen molar-refractivity contribution in [3.8, 4) is 0 Å². The summed E-state index contributed by atoms with van der Waals surface area (Å²) in [5, 5.41) is 212. The summed E-state index contributed by atoms with van der Waals surface area (Å²) in [6.07, 6.45) is -43.1. The second-order valence-electron chi connectivity index (χ2n) is 26.5. The Labute approximate surface area is 548 Å². The molecule has 34 unspecified atom stereocenters. The highest BCUT2D eigenvalue weighted by Gasteiger charge is 2.58. The first-order valence-corrected chi connectivity index (χ1v) is 32.4. The Morgan fingerprint density at radius 1 is 0.406 bits per heavy atom. The van der Waals surface area contributed by atoms with E-state index in [9.17, 15) is 116 Å². The van der Waals surface area contributed by atoms with Crippen molar-refractivity contribution >= 4 is 23.9 Å². The number of fused-ring (bicyclic) bond motifs is 1. The van der Waals surface area contributed by atoms with Gasteiger partial charge in [-0.2, -0.15) is 0 Å². The van der Waals surface area contributed by atoms with Crippen molar-refractivity contribution < 1.29 is 178 Å². The number of hydrogen-bond acceptors (Lipinski definition) is 34. The zero-order chi connectivity index (χ0) is 69.7. The maximum absolute atomic E-state index is 13.2. The normalized spacial score (nSPS) is 48.0. The number of rotatable bonds is 22. The molecule has 4 saturated carbocycles. The SMILES string of the molecule is O=C(O)CC(=O)OCC1OC(OC2CC(O)CC3[OH+]C(C4CC(O)C(O)C(O)C4)C(OC4OC(COC(=O)C=CC5CCC(OC6OC(COC(=O)C=CC7CCC(OC8OC(CO)C(O)C(O)C8O)C(O)C7)C(O)C(O)C6O)C(O)C5)C(O)C(O)C4O)CC23)C(O)C(O)C1O. The van der Waals surface area contributed by atoms with E-state index < -0.39 is 271 Å². The zero-order valence-electron chi connectivity index (χ0n) is 51.9. The van der Waals surface area contributed by atoms with Gasteiger partial charge in [0.2, 0.25) is 0 Å². The van der Waals surface area contributed by atoms with Crippen molar-refractivity contribution in [2.24, 2.45) is 23.7 Å². The molecule has 5 saturated heterocycles. The first-order valence-electron chi connectivity index (χ1n) is 32.4. The molecule has 21 N–H and O–H groups in total. The van der Waals surface area contributed by atoms with Crippen LogP contribution in [0.4, 0.5) is 0 Å². The molecule has 36 heteroatoms. The molecule has 0 aromatic rings. The summed E-state index contributed by atoms with van der Waals surface area (Å²) in [4.78, 5) is 49.0. The molecule has 5 aliphatic heterocycles. The van der Waals surface area contributed by atoms with E-state index in [4.69, 9.17) is 61.9 Å². The minimum Gasteiger partial charge on any atom is -0.481 e. The van der Waals surface area contributed by atoms with Crippen LogP contribution in [-0.2, 0) is 71.3 Å². The molecule has 548 valence electrons. The Balaban J connectivity index is 0.751. The molecule has 34 atom stereocenters. The molecule has 0 bridgehead atoms. The molecule has 0 aromatic carbocycles. The van der Waals surface area contributed by atoms with Gasteiger partial charge in [0.1, 0.15) is 136 Å². The summed E-state index contributed by atoms with van der Waals surface area (Å²) >= 11 is 0. The number of ether oxygens (including phenoxy) is 12. The van der Waals surface area contributed by atoms with E-state index in [0.29, 0.717) is 6.42 Å². The number of carbonyl (C=O) groups excluding carboxylic acids is 3. The summed E-state index contributed by atoms with van der Waals surface area (Å²) in [7, 11) is 0. The van der Waals surface area contributed by atoms with Crippen LogP contribution < -0.4 is 0 Å². The highest BCUT2D eigenvalue weighted by Crippen LogP contribution is 2.45. The van der Waals surface area contributed by atoms with Crippen LogP contribution in [0.2, 0.25) is 0 Å². The van der Waals surface area contributed by atoms with Crippen molar-refractivity contribution in [3.63, 3.8) is 0 Å². The van der Waals surface area contributed by atoms with Gasteiger partial charge in [0.15, 0.2) is 37.4 Å². The Kier molecular flexibility index (Phi) is 26.9. The number of carboxylic acid groups (broad SMARTS) is 1. The van der Waals surface area contributed by atoms with Gasteiger partial charge in [0.25, 0.3) is 0 Å². The van der Waals surface area contributed by atoms with Gasteiger partial charge in [-0.25, -0.2) is 9.59 Å². The monoisotopic (exact) mass is 1390 g/mol. The smallest absolute Gasteiger partial charge is 0.330 e. The summed E-state index contributed by atoms with van der Waals surface area (Å²) in [6.45, 7) is -2.76. The number of allylic oxidation sites excluding steroid dienone is 2. The van der Waals surface area contributed by atoms with E-state index >= 15 is 0 Å². The Morgan fingerprint density at radius 3 is 1.22 bits per heavy atom. The van der Waals surface area contributed by atoms with Crippen molar-refractivity contribution in [2.45, 2.75) is 273 Å². The van der Waals surface area contributed by atoms with E-state index in [1.54, 1.807) is 0 Å². The molecule has 0 radical (unpaired) electrons. The van der Waals surface area contributed by atoms with Gasteiger partial charge in [-0.05, 0) is 69.6 Å². The second kappa shape index (κ2) is 33.8. The van der Waals surface area contributed by atoms with Gasteiger partial charge in [0.05, 0.1) is 61.4 Å². The number of aliphatic hydroxyl groups is 21. The Morgan fingerprint density at radius 2 is 0.802 bits per heavy atom. The molecule has 5 heterocycles. The molecule has 9 aliphatic rings. The lowest BCUT2D eigenvalue weighted by molar-refractivity contribution is -0.368. The fourth-order valence-electron chi connectivity index (χ4n) is 14.2. The predicted molar refractivity (Wildman–Crippen MR) is 307 cm³/mol. The van der Waals surface area contributed by atoms with Gasteiger partial charge in [-0.1, -0.05) is 12.2 Å². The van der Waals surface area contributed by atoms with Crippen molar-refractivity contribution in [1.82, 2.24) is 0 Å². The highest BCUT2D eigenvalue weighted by atomic mass is 16.7. The third-order valence-electron chi connectivity index (χ3n) is 19.8. The van der Waals surface area contributed by atoms with Crippen LogP contribution in [0.15, 0.2) is 24.3 Å². The minimum atomic E-state index is -1.97.